The summed E-state index contributed by atoms with van der Waals surface area (Å²) >= 11 is 0. The van der Waals surface area contributed by atoms with Crippen LogP contribution in [0.2, 0.25) is 0 Å². The van der Waals surface area contributed by atoms with E-state index < -0.39 is 11.4 Å². The van der Waals surface area contributed by atoms with Crippen molar-refractivity contribution in [2.24, 2.45) is 0 Å². The molecule has 1 aliphatic rings. The quantitative estimate of drug-likeness (QED) is 0.859. The molecule has 2 nitrogen and oxygen atoms in total. The van der Waals surface area contributed by atoms with Gasteiger partial charge < -0.3 is 5.11 Å². The van der Waals surface area contributed by atoms with Gasteiger partial charge in [0, 0.05) is 0 Å². The van der Waals surface area contributed by atoms with E-state index in [4.69, 9.17) is 0 Å². The number of benzene rings is 1. The van der Waals surface area contributed by atoms with Crippen LogP contribution in [0.25, 0.3) is 0 Å². The number of carboxylic acids is 1. The van der Waals surface area contributed by atoms with E-state index >= 15 is 0 Å². The molecule has 0 amide bonds. The maximum Gasteiger partial charge on any atom is 0.314 e. The fourth-order valence-electron chi connectivity index (χ4n) is 3.09. The molecule has 0 saturated heterocycles. The van der Waals surface area contributed by atoms with E-state index in [1.807, 2.05) is 0 Å². The molecule has 1 saturated carbocycles. The molecule has 18 heavy (non-hydrogen) atoms. The Labute approximate surface area is 109 Å². The number of carboxylic acid groups (broad SMARTS) is 1. The third-order valence-corrected chi connectivity index (χ3v) is 4.60. The minimum absolute atomic E-state index is 0.637. The molecular formula is C16H22O2. The normalized spacial score (nSPS) is 18.6. The van der Waals surface area contributed by atoms with E-state index in [2.05, 4.69) is 32.9 Å². The minimum atomic E-state index is -0.648. The van der Waals surface area contributed by atoms with Gasteiger partial charge in [-0.1, -0.05) is 31.4 Å². The van der Waals surface area contributed by atoms with Crippen molar-refractivity contribution in [3.63, 3.8) is 0 Å². The van der Waals surface area contributed by atoms with E-state index in [1.165, 1.54) is 23.1 Å². The molecule has 1 aromatic carbocycles. The highest BCUT2D eigenvalue weighted by Gasteiger charge is 2.41. The number of carbonyl (C=O) groups is 1. The maximum atomic E-state index is 11.8. The lowest BCUT2D eigenvalue weighted by Gasteiger charge is -2.34. The van der Waals surface area contributed by atoms with Gasteiger partial charge in [-0.2, -0.15) is 0 Å². The van der Waals surface area contributed by atoms with Gasteiger partial charge in [0.15, 0.2) is 0 Å². The topological polar surface area (TPSA) is 37.3 Å². The first-order valence-electron chi connectivity index (χ1n) is 6.79. The van der Waals surface area contributed by atoms with Gasteiger partial charge in [0.25, 0.3) is 0 Å². The van der Waals surface area contributed by atoms with Crippen LogP contribution in [0.1, 0.15) is 54.4 Å². The van der Waals surface area contributed by atoms with E-state index in [1.54, 1.807) is 0 Å². The lowest BCUT2D eigenvalue weighted by molar-refractivity contribution is -0.145. The van der Waals surface area contributed by atoms with Gasteiger partial charge in [-0.15, -0.1) is 0 Å². The van der Waals surface area contributed by atoms with E-state index in [9.17, 15) is 9.90 Å². The Morgan fingerprint density at radius 2 is 1.56 bits per heavy atom. The van der Waals surface area contributed by atoms with Crippen LogP contribution in [0.3, 0.4) is 0 Å². The molecule has 0 atom stereocenters. The average Bonchev–Trinajstić information content (AvgIpc) is 2.36. The first kappa shape index (κ1) is 13.1. The molecule has 1 N–H and O–H groups in total. The fourth-order valence-corrected chi connectivity index (χ4v) is 3.09. The fraction of sp³-hybridized carbons (Fsp3) is 0.562. The van der Waals surface area contributed by atoms with Crippen molar-refractivity contribution in [3.8, 4) is 0 Å². The van der Waals surface area contributed by atoms with Gasteiger partial charge in [-0.25, -0.2) is 0 Å². The van der Waals surface area contributed by atoms with Crippen LogP contribution in [0, 0.1) is 20.8 Å². The Morgan fingerprint density at radius 1 is 1.06 bits per heavy atom. The molecule has 0 heterocycles. The molecule has 0 spiro atoms. The van der Waals surface area contributed by atoms with Crippen LogP contribution in [0.5, 0.6) is 0 Å². The number of hydrogen-bond donors (Lipinski definition) is 1. The summed E-state index contributed by atoms with van der Waals surface area (Å²) < 4.78 is 0. The van der Waals surface area contributed by atoms with Gasteiger partial charge in [0.2, 0.25) is 0 Å². The van der Waals surface area contributed by atoms with Crippen molar-refractivity contribution in [2.75, 3.05) is 0 Å². The van der Waals surface area contributed by atoms with Crippen LogP contribution in [-0.2, 0) is 10.2 Å². The Hall–Kier alpha value is -1.31. The van der Waals surface area contributed by atoms with Crippen LogP contribution in [0.4, 0.5) is 0 Å². The summed E-state index contributed by atoms with van der Waals surface area (Å²) in [6.07, 6.45) is 4.78. The first-order chi connectivity index (χ1) is 8.47. The Morgan fingerprint density at radius 3 is 2.00 bits per heavy atom. The summed E-state index contributed by atoms with van der Waals surface area (Å²) in [4.78, 5) is 11.8. The SMILES string of the molecule is Cc1cc(C2(C(=O)O)CCCCC2)cc(C)c1C. The predicted octanol–water partition coefficient (Wildman–Crippen LogP) is 3.90. The van der Waals surface area contributed by atoms with Crippen LogP contribution in [-0.4, -0.2) is 11.1 Å². The second kappa shape index (κ2) is 4.75. The van der Waals surface area contributed by atoms with Crippen molar-refractivity contribution in [1.29, 1.82) is 0 Å². The lowest BCUT2D eigenvalue weighted by atomic mass is 9.68. The summed E-state index contributed by atoms with van der Waals surface area (Å²) in [7, 11) is 0. The van der Waals surface area contributed by atoms with Gasteiger partial charge in [-0.3, -0.25) is 4.79 Å². The van der Waals surface area contributed by atoms with Crippen LogP contribution < -0.4 is 0 Å². The second-order valence-electron chi connectivity index (χ2n) is 5.68. The summed E-state index contributed by atoms with van der Waals surface area (Å²) in [6.45, 7) is 6.25. The number of aryl methyl sites for hydroxylation is 2. The van der Waals surface area contributed by atoms with Crippen molar-refractivity contribution >= 4 is 5.97 Å². The number of aliphatic carboxylic acids is 1. The van der Waals surface area contributed by atoms with Gasteiger partial charge in [-0.05, 0) is 55.9 Å². The molecule has 0 bridgehead atoms. The molecule has 1 aliphatic carbocycles. The van der Waals surface area contributed by atoms with Crippen molar-refractivity contribution in [3.05, 3.63) is 34.4 Å². The molecule has 1 fully saturated rings. The third-order valence-electron chi connectivity index (χ3n) is 4.60. The summed E-state index contributed by atoms with van der Waals surface area (Å²) in [5.41, 5.74) is 4.05. The Bertz CT molecular complexity index is 445. The number of hydrogen-bond acceptors (Lipinski definition) is 1. The minimum Gasteiger partial charge on any atom is -0.481 e. The molecule has 0 radical (unpaired) electrons. The van der Waals surface area contributed by atoms with Gasteiger partial charge in [0.1, 0.15) is 0 Å². The monoisotopic (exact) mass is 246 g/mol. The van der Waals surface area contributed by atoms with Crippen molar-refractivity contribution in [2.45, 2.75) is 58.3 Å². The Balaban J connectivity index is 2.52. The zero-order chi connectivity index (χ0) is 13.3. The smallest absolute Gasteiger partial charge is 0.314 e. The van der Waals surface area contributed by atoms with Crippen LogP contribution in [0.15, 0.2) is 12.1 Å². The predicted molar refractivity (Wildman–Crippen MR) is 73.1 cm³/mol. The lowest BCUT2D eigenvalue weighted by Crippen LogP contribution is -2.38. The molecule has 0 unspecified atom stereocenters. The highest BCUT2D eigenvalue weighted by atomic mass is 16.4. The number of rotatable bonds is 2. The summed E-state index contributed by atoms with van der Waals surface area (Å²) in [6, 6.07) is 4.17. The molecule has 98 valence electrons. The molecule has 0 aromatic heterocycles. The van der Waals surface area contributed by atoms with Crippen molar-refractivity contribution < 1.29 is 9.90 Å². The largest absolute Gasteiger partial charge is 0.481 e. The molecular weight excluding hydrogens is 224 g/mol. The maximum absolute atomic E-state index is 11.8. The molecule has 2 rings (SSSR count). The van der Waals surface area contributed by atoms with E-state index in [-0.39, 0.29) is 0 Å². The summed E-state index contributed by atoms with van der Waals surface area (Å²) in [5, 5.41) is 9.69. The summed E-state index contributed by atoms with van der Waals surface area (Å²) in [5.74, 6) is -0.648. The highest BCUT2D eigenvalue weighted by Crippen LogP contribution is 2.40. The molecule has 1 aromatic rings. The average molecular weight is 246 g/mol. The van der Waals surface area contributed by atoms with E-state index in [0.29, 0.717) is 0 Å². The van der Waals surface area contributed by atoms with Crippen LogP contribution >= 0.6 is 0 Å². The Kier molecular flexibility index (Phi) is 3.47. The van der Waals surface area contributed by atoms with Crippen molar-refractivity contribution in [1.82, 2.24) is 0 Å². The first-order valence-corrected chi connectivity index (χ1v) is 6.79. The van der Waals surface area contributed by atoms with Gasteiger partial charge in [0.05, 0.1) is 5.41 Å². The molecule has 2 heteroatoms. The zero-order valence-electron chi connectivity index (χ0n) is 11.5. The van der Waals surface area contributed by atoms with Gasteiger partial charge >= 0.3 is 5.97 Å². The second-order valence-corrected chi connectivity index (χ2v) is 5.68. The van der Waals surface area contributed by atoms with E-state index in [0.717, 1.165) is 31.2 Å². The zero-order valence-corrected chi connectivity index (χ0v) is 11.5. The molecule has 0 aliphatic heterocycles. The third kappa shape index (κ3) is 2.05. The highest BCUT2D eigenvalue weighted by molar-refractivity contribution is 5.81. The standard InChI is InChI=1S/C16H22O2/c1-11-9-14(10-12(2)13(11)3)16(15(17)18)7-5-4-6-8-16/h9-10H,4-8H2,1-3H3,(H,17,18).